The van der Waals surface area contributed by atoms with Crippen LogP contribution in [0.3, 0.4) is 0 Å². The molecular formula is C124H128B4N4. The predicted octanol–water partition coefficient (Wildman–Crippen LogP) is 21.1. The van der Waals surface area contributed by atoms with Gasteiger partial charge in [-0.05, 0) is 166 Å². The van der Waals surface area contributed by atoms with Gasteiger partial charge in [0.15, 0.2) is 22.7 Å². The summed E-state index contributed by atoms with van der Waals surface area (Å²) in [4.78, 5) is 0. The van der Waals surface area contributed by atoms with Crippen molar-refractivity contribution in [2.24, 2.45) is 0 Å². The highest BCUT2D eigenvalue weighted by Crippen LogP contribution is 2.36. The van der Waals surface area contributed by atoms with Crippen LogP contribution in [0.5, 0.6) is 0 Å². The lowest BCUT2D eigenvalue weighted by molar-refractivity contribution is -0.279. The predicted molar refractivity (Wildman–Crippen MR) is 576 cm³/mol. The van der Waals surface area contributed by atoms with E-state index in [9.17, 15) is 0 Å². The first-order valence-corrected chi connectivity index (χ1v) is 47.8. The van der Waals surface area contributed by atoms with Crippen molar-refractivity contribution in [3.8, 4) is 0 Å². The molecule has 0 saturated heterocycles. The molecule has 4 aliphatic rings. The Morgan fingerprint density at radius 3 is 0.379 bits per heavy atom. The molecule has 0 N–H and O–H groups in total. The summed E-state index contributed by atoms with van der Waals surface area (Å²) in [6.07, 6.45) is 3.82. The minimum absolute atomic E-state index is 1.23. The molecule has 0 amide bonds. The standard InChI is InChI=1S/4C31H32BN/c4*1-21-16-23(3)30(24(4)17-21)32(31-25(5)18-22(2)19-26(31)6)29-15-11-10-12-27(29)20-33(32)28-13-8-7-9-14-28/h4*7-20H,1-6H3. The number of para-hydroxylation sites is 4. The molecule has 8 heteroatoms. The zero-order valence-electron chi connectivity index (χ0n) is 82.4. The van der Waals surface area contributed by atoms with E-state index in [2.05, 4.69) is 524 Å². The van der Waals surface area contributed by atoms with Crippen LogP contribution in [0.1, 0.15) is 156 Å². The maximum atomic E-state index is 2.58. The van der Waals surface area contributed by atoms with Crippen molar-refractivity contribution >= 4 is 138 Å². The number of hydrogen-bond acceptors (Lipinski definition) is 0. The average molecular weight is 1720 g/mol. The number of benzene rings is 16. The van der Waals surface area contributed by atoms with Gasteiger partial charge in [-0.25, -0.2) is 0 Å². The summed E-state index contributed by atoms with van der Waals surface area (Å²) >= 11 is 0. The fourth-order valence-electron chi connectivity index (χ4n) is 27.0. The molecule has 0 bridgehead atoms. The van der Waals surface area contributed by atoms with Gasteiger partial charge in [0.2, 0.25) is 0 Å². The molecule has 656 valence electrons. The highest BCUT2D eigenvalue weighted by Gasteiger charge is 2.56. The highest BCUT2D eigenvalue weighted by atomic mass is 15.0. The Hall–Kier alpha value is -13.5. The second-order valence-electron chi connectivity index (χ2n) is 39.8. The van der Waals surface area contributed by atoms with E-state index in [1.165, 1.54) is 244 Å². The third kappa shape index (κ3) is 15.3. The van der Waals surface area contributed by atoms with Gasteiger partial charge >= 0.3 is 25.1 Å². The van der Waals surface area contributed by atoms with Gasteiger partial charge in [0.1, 0.15) is 24.9 Å². The van der Waals surface area contributed by atoms with Gasteiger partial charge in [-0.3, -0.25) is 0 Å². The Morgan fingerprint density at radius 1 is 0.136 bits per heavy atom. The van der Waals surface area contributed by atoms with Crippen LogP contribution in [0.15, 0.2) is 315 Å². The summed E-state index contributed by atoms with van der Waals surface area (Å²) in [7, 11) is 0. The Balaban J connectivity index is 0.000000123. The number of hydrogen-bond donors (Lipinski definition) is 0. The summed E-state index contributed by atoms with van der Waals surface area (Å²) < 4.78 is 10.3. The molecule has 16 aromatic carbocycles. The Morgan fingerprint density at radius 2 is 0.250 bits per heavy atom. The number of nitrogens with zero attached hydrogens (tertiary/aromatic N) is 4. The third-order valence-corrected chi connectivity index (χ3v) is 30.0. The van der Waals surface area contributed by atoms with Crippen LogP contribution in [0.25, 0.3) is 0 Å². The van der Waals surface area contributed by atoms with Crippen molar-refractivity contribution in [2.45, 2.75) is 166 Å². The fraction of sp³-hybridized carbons (Fsp3) is 0.194. The van der Waals surface area contributed by atoms with E-state index >= 15 is 0 Å². The molecule has 0 radical (unpaired) electrons. The first-order valence-electron chi connectivity index (χ1n) is 47.8. The summed E-state index contributed by atoms with van der Waals surface area (Å²) in [6.45, 7) is 54.3. The first kappa shape index (κ1) is 90.4. The van der Waals surface area contributed by atoms with Crippen molar-refractivity contribution in [1.82, 2.24) is 0 Å². The van der Waals surface area contributed by atoms with Crippen LogP contribution in [-0.2, 0) is 0 Å². The smallest absolute Gasteiger partial charge is 0.362 e. The SMILES string of the molecule is Cc1cc(C)c([B-]2(c3c(C)cc(C)cc3C)c3ccccc3C=[N+]2c2ccccc2)c(C)c1.Cc1cc(C)c([B-]2(c3c(C)cc(C)cc3C)c3ccccc3C=[N+]2c2ccccc2)c(C)c1.Cc1cc(C)c([B-]2(c3c(C)cc(C)cc3C)c3ccccc3C=[N+]2c2ccccc2)c(C)c1.Cc1cc(C)c([B-]2(c3c(C)cc(C)cc3C)c3ccccc3C=[N+]2c2ccccc2)c(C)c1. The van der Waals surface area contributed by atoms with Gasteiger partial charge in [0.05, 0.1) is 0 Å². The second-order valence-corrected chi connectivity index (χ2v) is 39.8. The molecule has 4 heterocycles. The Bertz CT molecular complexity index is 6120. The van der Waals surface area contributed by atoms with E-state index in [0.717, 1.165) is 0 Å². The third-order valence-electron chi connectivity index (χ3n) is 30.0. The molecule has 4 aliphatic heterocycles. The minimum atomic E-state index is -1.42. The molecule has 20 rings (SSSR count). The van der Waals surface area contributed by atoms with E-state index < -0.39 is 25.1 Å². The van der Waals surface area contributed by atoms with Crippen LogP contribution in [-0.4, -0.2) is 67.9 Å². The Kier molecular flexibility index (Phi) is 24.6. The molecule has 0 unspecified atom stereocenters. The minimum Gasteiger partial charge on any atom is -0.408 e. The van der Waals surface area contributed by atoms with E-state index in [4.69, 9.17) is 0 Å². The quantitative estimate of drug-likeness (QED) is 0.108. The lowest BCUT2D eigenvalue weighted by Gasteiger charge is -2.40. The van der Waals surface area contributed by atoms with Gasteiger partial charge in [-0.2, -0.15) is 0 Å². The summed E-state index contributed by atoms with van der Waals surface area (Å²) in [6, 6.07) is 117. The van der Waals surface area contributed by atoms with Crippen molar-refractivity contribution < 1.29 is 17.9 Å². The fourth-order valence-corrected chi connectivity index (χ4v) is 27.0. The van der Waals surface area contributed by atoms with E-state index in [1.54, 1.807) is 0 Å². The second kappa shape index (κ2) is 36.0. The molecule has 0 aliphatic carbocycles. The topological polar surface area (TPSA) is 12.0 Å². The highest BCUT2D eigenvalue weighted by molar-refractivity contribution is 7.11. The molecular weight excluding hydrogens is 1590 g/mol. The lowest BCUT2D eigenvalue weighted by atomic mass is 9.22. The molecule has 0 atom stereocenters. The van der Waals surface area contributed by atoms with Crippen molar-refractivity contribution in [3.63, 3.8) is 0 Å². The molecule has 4 nitrogen and oxygen atoms in total. The number of fused-ring (bicyclic) bond motifs is 4. The zero-order valence-corrected chi connectivity index (χ0v) is 82.4. The molecule has 132 heavy (non-hydrogen) atoms. The molecule has 0 fully saturated rings. The summed E-state index contributed by atoms with van der Waals surface area (Å²) in [5, 5.41) is 0. The lowest BCUT2D eigenvalue weighted by Crippen LogP contribution is -2.74. The summed E-state index contributed by atoms with van der Waals surface area (Å²) in [5.41, 5.74) is 59.6. The van der Waals surface area contributed by atoms with Crippen molar-refractivity contribution in [3.05, 3.63) is 471 Å². The largest absolute Gasteiger partial charge is 0.408 e. The van der Waals surface area contributed by atoms with Crippen LogP contribution in [0.2, 0.25) is 0 Å². The van der Waals surface area contributed by atoms with Gasteiger partial charge in [0, 0.05) is 70.8 Å². The normalized spacial score (nSPS) is 14.2. The molecule has 0 saturated carbocycles. The van der Waals surface area contributed by atoms with Crippen molar-refractivity contribution in [2.75, 3.05) is 0 Å². The van der Waals surface area contributed by atoms with Crippen LogP contribution < -0.4 is 65.6 Å². The van der Waals surface area contributed by atoms with Crippen LogP contribution in [0, 0.1) is 166 Å². The van der Waals surface area contributed by atoms with E-state index in [0.29, 0.717) is 0 Å². The molecule has 16 aromatic rings. The van der Waals surface area contributed by atoms with Gasteiger partial charge in [-0.15, -0.1) is 65.6 Å². The number of aryl methyl sites for hydroxylation is 24. The zero-order chi connectivity index (χ0) is 93.3. The average Bonchev–Trinajstić information content (AvgIpc) is 1.53. The van der Waals surface area contributed by atoms with Crippen LogP contribution >= 0.6 is 0 Å². The Labute approximate surface area is 788 Å². The van der Waals surface area contributed by atoms with Gasteiger partial charge in [0.25, 0.3) is 0 Å². The summed E-state index contributed by atoms with van der Waals surface area (Å²) in [5.74, 6) is 0. The molecule has 0 spiro atoms. The van der Waals surface area contributed by atoms with Gasteiger partial charge < -0.3 is 17.9 Å². The maximum Gasteiger partial charge on any atom is 0.362 e. The van der Waals surface area contributed by atoms with E-state index in [1.807, 2.05) is 0 Å². The van der Waals surface area contributed by atoms with Crippen molar-refractivity contribution in [1.29, 1.82) is 0 Å². The molecule has 0 aromatic heterocycles. The van der Waals surface area contributed by atoms with Gasteiger partial charge in [-0.1, -0.05) is 400 Å². The number of rotatable bonds is 12. The van der Waals surface area contributed by atoms with Crippen LogP contribution in [0.4, 0.5) is 22.7 Å². The maximum absolute atomic E-state index is 2.58. The van der Waals surface area contributed by atoms with E-state index in [-0.39, 0.29) is 0 Å². The first-order chi connectivity index (χ1) is 63.3. The monoisotopic (exact) mass is 1720 g/mol.